The van der Waals surface area contributed by atoms with Gasteiger partial charge < -0.3 is 5.32 Å². The molecule has 5 rings (SSSR count). The molecule has 2 aliphatic carbocycles. The number of halogens is 2. The zero-order valence-electron chi connectivity index (χ0n) is 21.2. The van der Waals surface area contributed by atoms with Crippen LogP contribution in [0.2, 0.25) is 5.02 Å². The van der Waals surface area contributed by atoms with Gasteiger partial charge in [0.2, 0.25) is 21.8 Å². The summed E-state index contributed by atoms with van der Waals surface area (Å²) < 4.78 is 40.6. The van der Waals surface area contributed by atoms with Gasteiger partial charge in [-0.3, -0.25) is 14.5 Å². The van der Waals surface area contributed by atoms with Gasteiger partial charge in [-0.2, -0.15) is 4.31 Å². The molecule has 0 aromatic heterocycles. The SMILES string of the molecule is O=C(NC1CCCCC1)[C@@H](c1ccccc1Cl)N(C(=O)C1CC(CS(=O)(=O)N2CC2)C1)c1cccc(F)c1. The quantitative estimate of drug-likeness (QED) is 0.451. The highest BCUT2D eigenvalue weighted by atomic mass is 35.5. The van der Waals surface area contributed by atoms with Gasteiger partial charge in [0.15, 0.2) is 0 Å². The monoisotopic (exact) mass is 561 g/mol. The van der Waals surface area contributed by atoms with Gasteiger partial charge in [0.05, 0.1) is 5.75 Å². The zero-order valence-corrected chi connectivity index (χ0v) is 22.8. The summed E-state index contributed by atoms with van der Waals surface area (Å²) in [5.74, 6) is -1.80. The predicted molar refractivity (Wildman–Crippen MR) is 145 cm³/mol. The van der Waals surface area contributed by atoms with E-state index in [2.05, 4.69) is 5.32 Å². The van der Waals surface area contributed by atoms with Crippen molar-refractivity contribution in [3.63, 3.8) is 0 Å². The van der Waals surface area contributed by atoms with Crippen LogP contribution in [0.5, 0.6) is 0 Å². The number of carbonyl (C=O) groups excluding carboxylic acids is 2. The third kappa shape index (κ3) is 6.05. The lowest BCUT2D eigenvalue weighted by Gasteiger charge is -2.40. The first-order chi connectivity index (χ1) is 18.2. The van der Waals surface area contributed by atoms with Gasteiger partial charge in [0, 0.05) is 41.3 Å². The van der Waals surface area contributed by atoms with Crippen LogP contribution in [0.1, 0.15) is 56.6 Å². The molecule has 3 aliphatic rings. The Hall–Kier alpha value is -2.49. The van der Waals surface area contributed by atoms with Crippen LogP contribution < -0.4 is 10.2 Å². The van der Waals surface area contributed by atoms with Crippen molar-refractivity contribution in [1.29, 1.82) is 0 Å². The second-order valence-electron chi connectivity index (χ2n) is 10.7. The van der Waals surface area contributed by atoms with Gasteiger partial charge in [-0.05, 0) is 55.9 Å². The number of hydrogen-bond acceptors (Lipinski definition) is 4. The smallest absolute Gasteiger partial charge is 0.248 e. The summed E-state index contributed by atoms with van der Waals surface area (Å²) in [6, 6.07) is 11.5. The van der Waals surface area contributed by atoms with Gasteiger partial charge in [-0.25, -0.2) is 12.8 Å². The molecule has 0 spiro atoms. The van der Waals surface area contributed by atoms with Gasteiger partial charge in [0.25, 0.3) is 0 Å². The van der Waals surface area contributed by atoms with Crippen molar-refractivity contribution < 1.29 is 22.4 Å². The summed E-state index contributed by atoms with van der Waals surface area (Å²) in [6.45, 7) is 1.11. The molecule has 0 unspecified atom stereocenters. The number of sulfonamides is 1. The average molecular weight is 562 g/mol. The number of carbonyl (C=O) groups is 2. The molecule has 1 aliphatic heterocycles. The fourth-order valence-electron chi connectivity index (χ4n) is 5.64. The maximum atomic E-state index is 14.4. The van der Waals surface area contributed by atoms with Crippen molar-refractivity contribution in [3.8, 4) is 0 Å². The summed E-state index contributed by atoms with van der Waals surface area (Å²) in [5.41, 5.74) is 0.721. The van der Waals surface area contributed by atoms with E-state index < -0.39 is 27.8 Å². The van der Waals surface area contributed by atoms with E-state index in [0.29, 0.717) is 36.5 Å². The largest absolute Gasteiger partial charge is 0.351 e. The van der Waals surface area contributed by atoms with Crippen LogP contribution in [0.3, 0.4) is 0 Å². The Morgan fingerprint density at radius 2 is 1.76 bits per heavy atom. The summed E-state index contributed by atoms with van der Waals surface area (Å²) >= 11 is 6.57. The molecule has 3 fully saturated rings. The van der Waals surface area contributed by atoms with E-state index in [-0.39, 0.29) is 35.2 Å². The number of rotatable bonds is 9. The number of amides is 2. The molecular formula is C28H33ClFN3O4S. The Kier molecular flexibility index (Phi) is 8.07. The first-order valence-corrected chi connectivity index (χ1v) is 15.3. The Morgan fingerprint density at radius 3 is 2.42 bits per heavy atom. The lowest BCUT2D eigenvalue weighted by molar-refractivity contribution is -0.131. The molecule has 7 nitrogen and oxygen atoms in total. The molecule has 0 radical (unpaired) electrons. The van der Waals surface area contributed by atoms with Crippen molar-refractivity contribution in [2.24, 2.45) is 11.8 Å². The molecule has 1 saturated heterocycles. The maximum absolute atomic E-state index is 14.4. The molecule has 2 aromatic carbocycles. The highest BCUT2D eigenvalue weighted by Gasteiger charge is 2.45. The minimum atomic E-state index is -3.29. The van der Waals surface area contributed by atoms with Gasteiger partial charge in [0.1, 0.15) is 11.9 Å². The third-order valence-corrected chi connectivity index (χ3v) is 10.2. The summed E-state index contributed by atoms with van der Waals surface area (Å²) in [6.07, 6.45) is 5.71. The molecule has 2 aromatic rings. The molecule has 1 atom stereocenters. The van der Waals surface area contributed by atoms with Crippen molar-refractivity contribution in [3.05, 3.63) is 64.9 Å². The van der Waals surface area contributed by atoms with Gasteiger partial charge >= 0.3 is 0 Å². The standard InChI is InChI=1S/C28H33ClFN3O4S/c29-25-12-5-4-11-24(25)26(27(34)31-22-8-2-1-3-9-22)33(23-10-6-7-21(30)17-23)28(35)20-15-19(16-20)18-38(36,37)32-13-14-32/h4-7,10-12,17,19-20,22,26H,1-3,8-9,13-16,18H2,(H,31,34)/t19?,20?,26-/m1/s1. The number of hydrogen-bond donors (Lipinski definition) is 1. The van der Waals surface area contributed by atoms with E-state index in [1.165, 1.54) is 27.4 Å². The Morgan fingerprint density at radius 1 is 1.05 bits per heavy atom. The summed E-state index contributed by atoms with van der Waals surface area (Å²) in [7, 11) is -3.29. The molecule has 1 N–H and O–H groups in total. The van der Waals surface area contributed by atoms with E-state index in [1.807, 2.05) is 0 Å². The van der Waals surface area contributed by atoms with Gasteiger partial charge in [-0.1, -0.05) is 55.1 Å². The van der Waals surface area contributed by atoms with Crippen LogP contribution >= 0.6 is 11.6 Å². The predicted octanol–water partition coefficient (Wildman–Crippen LogP) is 4.67. The van der Waals surface area contributed by atoms with E-state index >= 15 is 0 Å². The lowest BCUT2D eigenvalue weighted by atomic mass is 9.75. The minimum absolute atomic E-state index is 0.00131. The molecule has 2 amide bonds. The van der Waals surface area contributed by atoms with Crippen LogP contribution in [0, 0.1) is 17.7 Å². The molecule has 10 heteroatoms. The van der Waals surface area contributed by atoms with Crippen LogP contribution in [0.4, 0.5) is 10.1 Å². The number of benzene rings is 2. The maximum Gasteiger partial charge on any atom is 0.248 e. The second kappa shape index (κ2) is 11.3. The lowest BCUT2D eigenvalue weighted by Crippen LogP contribution is -2.51. The minimum Gasteiger partial charge on any atom is -0.351 e. The molecule has 0 bridgehead atoms. The normalized spacial score (nSPS) is 22.8. The van der Waals surface area contributed by atoms with Gasteiger partial charge in [-0.15, -0.1) is 0 Å². The third-order valence-electron chi connectivity index (χ3n) is 7.81. The van der Waals surface area contributed by atoms with Crippen LogP contribution in [-0.4, -0.2) is 49.4 Å². The highest BCUT2D eigenvalue weighted by Crippen LogP contribution is 2.41. The number of nitrogens with zero attached hydrogens (tertiary/aromatic N) is 2. The molecule has 2 saturated carbocycles. The van der Waals surface area contributed by atoms with Crippen molar-refractivity contribution in [1.82, 2.24) is 9.62 Å². The van der Waals surface area contributed by atoms with Crippen molar-refractivity contribution in [2.45, 2.75) is 57.0 Å². The Balaban J connectivity index is 1.45. The summed E-state index contributed by atoms with van der Waals surface area (Å²) in [5, 5.41) is 3.46. The highest BCUT2D eigenvalue weighted by molar-refractivity contribution is 7.89. The van der Waals surface area contributed by atoms with Crippen LogP contribution in [0.25, 0.3) is 0 Å². The zero-order chi connectivity index (χ0) is 26.9. The first kappa shape index (κ1) is 27.1. The van der Waals surface area contributed by atoms with Crippen LogP contribution in [-0.2, 0) is 19.6 Å². The fourth-order valence-corrected chi connectivity index (χ4v) is 7.60. The van der Waals surface area contributed by atoms with E-state index in [4.69, 9.17) is 11.6 Å². The number of nitrogens with one attached hydrogen (secondary N) is 1. The molecule has 204 valence electrons. The number of anilines is 1. The topological polar surface area (TPSA) is 86.6 Å². The van der Waals surface area contributed by atoms with E-state index in [9.17, 15) is 22.4 Å². The molecular weight excluding hydrogens is 529 g/mol. The van der Waals surface area contributed by atoms with E-state index in [0.717, 1.165) is 32.1 Å². The van der Waals surface area contributed by atoms with Crippen molar-refractivity contribution >= 4 is 39.1 Å². The van der Waals surface area contributed by atoms with Crippen molar-refractivity contribution in [2.75, 3.05) is 23.7 Å². The Bertz CT molecular complexity index is 1290. The summed E-state index contributed by atoms with van der Waals surface area (Å²) in [4.78, 5) is 29.3. The second-order valence-corrected chi connectivity index (χ2v) is 13.1. The van der Waals surface area contributed by atoms with E-state index in [1.54, 1.807) is 30.3 Å². The average Bonchev–Trinajstić information content (AvgIpc) is 3.72. The first-order valence-electron chi connectivity index (χ1n) is 13.3. The molecule has 38 heavy (non-hydrogen) atoms. The fraction of sp³-hybridized carbons (Fsp3) is 0.500. The Labute approximate surface area is 228 Å². The molecule has 1 heterocycles. The van der Waals surface area contributed by atoms with Crippen LogP contribution in [0.15, 0.2) is 48.5 Å².